The molecule has 8 nitrogen and oxygen atoms in total. The summed E-state index contributed by atoms with van der Waals surface area (Å²) < 4.78 is 10.1. The molecule has 2 aromatic heterocycles. The highest BCUT2D eigenvalue weighted by Crippen LogP contribution is 2.40. The molecule has 4 aromatic rings. The van der Waals surface area contributed by atoms with E-state index in [1.165, 1.54) is 0 Å². The molecule has 0 bridgehead atoms. The van der Waals surface area contributed by atoms with E-state index in [0.29, 0.717) is 29.6 Å². The van der Waals surface area contributed by atoms with Gasteiger partial charge in [-0.3, -0.25) is 14.9 Å². The van der Waals surface area contributed by atoms with Gasteiger partial charge in [-0.1, -0.05) is 36.4 Å². The summed E-state index contributed by atoms with van der Waals surface area (Å²) in [7, 11) is 1.93. The number of imide groups is 1. The summed E-state index contributed by atoms with van der Waals surface area (Å²) in [6.45, 7) is 0.219. The molecule has 2 aliphatic heterocycles. The lowest BCUT2D eigenvalue weighted by Gasteiger charge is -2.34. The van der Waals surface area contributed by atoms with E-state index in [4.69, 9.17) is 10.5 Å². The summed E-state index contributed by atoms with van der Waals surface area (Å²) in [5, 5.41) is 14.5. The van der Waals surface area contributed by atoms with Gasteiger partial charge >= 0.3 is 0 Å². The smallest absolute Gasteiger partial charge is 0.259 e. The zero-order valence-corrected chi connectivity index (χ0v) is 19.3. The first-order chi connectivity index (χ1) is 17.0. The number of para-hydroxylation sites is 2. The molecule has 2 aliphatic rings. The number of aliphatic hydroxyl groups excluding tert-OH is 1. The van der Waals surface area contributed by atoms with Gasteiger partial charge in [0.05, 0.1) is 28.9 Å². The van der Waals surface area contributed by atoms with Crippen LogP contribution in [0.15, 0.2) is 60.9 Å². The zero-order valence-electron chi connectivity index (χ0n) is 19.3. The quantitative estimate of drug-likeness (QED) is 0.397. The lowest BCUT2D eigenvalue weighted by molar-refractivity contribution is -0.139. The molecule has 2 amide bonds. The SMILES string of the molecule is Cn1cc(C2=C(c3cn([C@H]4CC[C@H](O)[C@@H](CN)O4)c4ccccc34)C(=O)NC2=O)c2ccccc21. The molecule has 0 spiro atoms. The van der Waals surface area contributed by atoms with Crippen LogP contribution in [0.25, 0.3) is 33.0 Å². The summed E-state index contributed by atoms with van der Waals surface area (Å²) >= 11 is 0. The van der Waals surface area contributed by atoms with Crippen LogP contribution >= 0.6 is 0 Å². The summed E-state index contributed by atoms with van der Waals surface area (Å²) in [6.07, 6.45) is 3.56. The molecule has 178 valence electrons. The number of aliphatic hydroxyl groups is 1. The van der Waals surface area contributed by atoms with Gasteiger partial charge in [0.25, 0.3) is 11.8 Å². The Kier molecular flexibility index (Phi) is 5.10. The molecule has 0 saturated carbocycles. The maximum absolute atomic E-state index is 13.2. The second kappa shape index (κ2) is 8.20. The fraction of sp³-hybridized carbons (Fsp3) is 0.259. The summed E-state index contributed by atoms with van der Waals surface area (Å²) in [4.78, 5) is 26.3. The van der Waals surface area contributed by atoms with Crippen molar-refractivity contribution in [1.29, 1.82) is 0 Å². The van der Waals surface area contributed by atoms with Crippen molar-refractivity contribution >= 4 is 44.8 Å². The number of rotatable bonds is 4. The average Bonchev–Trinajstić information content (AvgIpc) is 3.50. The van der Waals surface area contributed by atoms with Gasteiger partial charge in [0.15, 0.2) is 0 Å². The molecular formula is C27H26N4O4. The number of nitrogens with one attached hydrogen (secondary N) is 1. The molecule has 0 radical (unpaired) electrons. The molecule has 1 saturated heterocycles. The van der Waals surface area contributed by atoms with E-state index < -0.39 is 24.0 Å². The summed E-state index contributed by atoms with van der Waals surface area (Å²) in [5.74, 6) is -0.820. The van der Waals surface area contributed by atoms with E-state index in [-0.39, 0.29) is 12.8 Å². The number of aryl methyl sites for hydroxylation is 1. The van der Waals surface area contributed by atoms with Crippen LogP contribution in [0, 0.1) is 0 Å². The maximum atomic E-state index is 13.2. The number of carbonyl (C=O) groups excluding carboxylic acids is 2. The summed E-state index contributed by atoms with van der Waals surface area (Å²) in [5.41, 5.74) is 9.80. The number of aromatic nitrogens is 2. The number of nitrogens with zero attached hydrogens (tertiary/aromatic N) is 2. The first-order valence-electron chi connectivity index (χ1n) is 11.8. The molecular weight excluding hydrogens is 444 g/mol. The topological polar surface area (TPSA) is 112 Å². The van der Waals surface area contributed by atoms with Gasteiger partial charge in [0.1, 0.15) is 6.23 Å². The second-order valence-electron chi connectivity index (χ2n) is 9.18. The maximum Gasteiger partial charge on any atom is 0.259 e. The van der Waals surface area contributed by atoms with Gasteiger partial charge in [-0.05, 0) is 25.0 Å². The molecule has 0 unspecified atom stereocenters. The number of carbonyl (C=O) groups is 2. The molecule has 1 fully saturated rings. The van der Waals surface area contributed by atoms with Gasteiger partial charge in [0.2, 0.25) is 0 Å². The minimum absolute atomic E-state index is 0.219. The number of benzene rings is 2. The molecule has 4 heterocycles. The first-order valence-corrected chi connectivity index (χ1v) is 11.8. The van der Waals surface area contributed by atoms with Crippen molar-refractivity contribution in [2.24, 2.45) is 12.8 Å². The number of nitrogens with two attached hydrogens (primary N) is 1. The highest BCUT2D eigenvalue weighted by Gasteiger charge is 2.36. The van der Waals surface area contributed by atoms with Crippen LogP contribution in [0.3, 0.4) is 0 Å². The second-order valence-corrected chi connectivity index (χ2v) is 9.18. The number of hydrogen-bond donors (Lipinski definition) is 3. The number of ether oxygens (including phenoxy) is 1. The van der Waals surface area contributed by atoms with Crippen molar-refractivity contribution in [3.05, 3.63) is 72.1 Å². The zero-order chi connectivity index (χ0) is 24.3. The van der Waals surface area contributed by atoms with Crippen LogP contribution < -0.4 is 11.1 Å². The van der Waals surface area contributed by atoms with E-state index >= 15 is 0 Å². The van der Waals surface area contributed by atoms with Gasteiger partial charge in [-0.15, -0.1) is 0 Å². The molecule has 4 N–H and O–H groups in total. The minimum Gasteiger partial charge on any atom is -0.390 e. The van der Waals surface area contributed by atoms with Crippen LogP contribution in [-0.2, 0) is 21.4 Å². The van der Waals surface area contributed by atoms with Gasteiger partial charge in [-0.2, -0.15) is 0 Å². The third-order valence-corrected chi connectivity index (χ3v) is 7.12. The Balaban J connectivity index is 1.57. The predicted octanol–water partition coefficient (Wildman–Crippen LogP) is 2.70. The van der Waals surface area contributed by atoms with E-state index in [9.17, 15) is 14.7 Å². The lowest BCUT2D eigenvalue weighted by Crippen LogP contribution is -2.41. The van der Waals surface area contributed by atoms with Crippen LogP contribution in [0.5, 0.6) is 0 Å². The number of amides is 2. The Morgan fingerprint density at radius 3 is 2.23 bits per heavy atom. The molecule has 3 atom stereocenters. The Bertz CT molecular complexity index is 1530. The normalized spacial score (nSPS) is 23.0. The van der Waals surface area contributed by atoms with Crippen LogP contribution in [0.4, 0.5) is 0 Å². The van der Waals surface area contributed by atoms with Crippen molar-refractivity contribution in [3.8, 4) is 0 Å². The Morgan fingerprint density at radius 1 is 0.943 bits per heavy atom. The van der Waals surface area contributed by atoms with E-state index in [2.05, 4.69) is 5.32 Å². The van der Waals surface area contributed by atoms with Crippen molar-refractivity contribution in [2.45, 2.75) is 31.3 Å². The average molecular weight is 471 g/mol. The Labute approximate surface area is 201 Å². The predicted molar refractivity (Wildman–Crippen MR) is 133 cm³/mol. The van der Waals surface area contributed by atoms with E-state index in [1.807, 2.05) is 77.1 Å². The molecule has 6 rings (SSSR count). The highest BCUT2D eigenvalue weighted by atomic mass is 16.5. The van der Waals surface area contributed by atoms with Crippen molar-refractivity contribution in [3.63, 3.8) is 0 Å². The van der Waals surface area contributed by atoms with Gasteiger partial charge in [0, 0.05) is 53.4 Å². The summed E-state index contributed by atoms with van der Waals surface area (Å²) in [6, 6.07) is 15.6. The van der Waals surface area contributed by atoms with Crippen LogP contribution in [0.1, 0.15) is 30.2 Å². The third-order valence-electron chi connectivity index (χ3n) is 7.12. The fourth-order valence-corrected chi connectivity index (χ4v) is 5.43. The van der Waals surface area contributed by atoms with Crippen molar-refractivity contribution < 1.29 is 19.4 Å². The van der Waals surface area contributed by atoms with Crippen molar-refractivity contribution in [2.75, 3.05) is 6.54 Å². The molecule has 0 aliphatic carbocycles. The fourth-order valence-electron chi connectivity index (χ4n) is 5.43. The lowest BCUT2D eigenvalue weighted by atomic mass is 9.95. The number of hydrogen-bond acceptors (Lipinski definition) is 5. The molecule has 8 heteroatoms. The van der Waals surface area contributed by atoms with Gasteiger partial charge in [-0.25, -0.2) is 0 Å². The molecule has 2 aromatic carbocycles. The standard InChI is InChI=1S/C27H26N4O4/c1-30-13-17(15-6-2-4-8-19(15)30)24-25(27(34)29-26(24)33)18-14-31(20-9-5-3-7-16(18)20)23-11-10-21(32)22(12-28)35-23/h2-9,13-14,21-23,32H,10-12,28H2,1H3,(H,29,33,34)/t21-,22+,23+/m0/s1. The minimum atomic E-state index is -0.601. The Hall–Kier alpha value is -3.72. The monoisotopic (exact) mass is 470 g/mol. The largest absolute Gasteiger partial charge is 0.390 e. The third kappa shape index (κ3) is 3.33. The molecule has 35 heavy (non-hydrogen) atoms. The first kappa shape index (κ1) is 21.8. The van der Waals surface area contributed by atoms with E-state index in [1.54, 1.807) is 0 Å². The van der Waals surface area contributed by atoms with Crippen LogP contribution in [0.2, 0.25) is 0 Å². The Morgan fingerprint density at radius 2 is 1.54 bits per heavy atom. The van der Waals surface area contributed by atoms with E-state index in [0.717, 1.165) is 27.4 Å². The van der Waals surface area contributed by atoms with Crippen LogP contribution in [-0.4, -0.2) is 44.8 Å². The number of fused-ring (bicyclic) bond motifs is 2. The van der Waals surface area contributed by atoms with Gasteiger partial charge < -0.3 is 24.7 Å². The highest BCUT2D eigenvalue weighted by molar-refractivity contribution is 6.50. The van der Waals surface area contributed by atoms with Crippen molar-refractivity contribution in [1.82, 2.24) is 14.5 Å².